The van der Waals surface area contributed by atoms with Crippen LogP contribution in [0.5, 0.6) is 0 Å². The predicted octanol–water partition coefficient (Wildman–Crippen LogP) is 1.40. The molecule has 1 heterocycles. The van der Waals surface area contributed by atoms with Crippen LogP contribution in [0.2, 0.25) is 0 Å². The summed E-state index contributed by atoms with van der Waals surface area (Å²) in [5.74, 6) is 1.57. The number of aliphatic hydroxyl groups is 1. The fourth-order valence-electron chi connectivity index (χ4n) is 1.52. The first-order valence-corrected chi connectivity index (χ1v) is 5.51. The van der Waals surface area contributed by atoms with E-state index in [0.717, 1.165) is 0 Å². The molecule has 92 valence electrons. The van der Waals surface area contributed by atoms with Gasteiger partial charge in [-0.25, -0.2) is 0 Å². The number of rotatable bonds is 5. The van der Waals surface area contributed by atoms with Gasteiger partial charge in [-0.1, -0.05) is 19.0 Å². The van der Waals surface area contributed by atoms with Crippen LogP contribution < -0.4 is 0 Å². The van der Waals surface area contributed by atoms with Crippen molar-refractivity contribution >= 4 is 0 Å². The average molecular weight is 227 g/mol. The first-order valence-electron chi connectivity index (χ1n) is 5.51. The van der Waals surface area contributed by atoms with Crippen LogP contribution in [0.4, 0.5) is 0 Å². The van der Waals surface area contributed by atoms with Gasteiger partial charge in [0, 0.05) is 12.5 Å². The Bertz CT molecular complexity index is 328. The monoisotopic (exact) mass is 227 g/mol. The normalized spacial score (nSPS) is 12.8. The van der Waals surface area contributed by atoms with Crippen molar-refractivity contribution < 1.29 is 9.63 Å². The molecule has 5 heteroatoms. The van der Waals surface area contributed by atoms with Gasteiger partial charge in [0.2, 0.25) is 5.89 Å². The molecule has 0 saturated carbocycles. The number of nitrogens with zero attached hydrogens (tertiary/aromatic N) is 3. The summed E-state index contributed by atoms with van der Waals surface area (Å²) in [6, 6.07) is 0. The molecule has 0 bridgehead atoms. The summed E-state index contributed by atoms with van der Waals surface area (Å²) >= 11 is 0. The van der Waals surface area contributed by atoms with E-state index < -0.39 is 5.60 Å². The SMILES string of the molecule is CC(C)c1nc(CN(C)CC(C)(C)O)no1. The molecule has 0 fully saturated rings. The molecule has 0 aliphatic heterocycles. The third kappa shape index (κ3) is 4.28. The van der Waals surface area contributed by atoms with Gasteiger partial charge in [0.05, 0.1) is 12.1 Å². The summed E-state index contributed by atoms with van der Waals surface area (Å²) in [5, 5.41) is 13.6. The second-order valence-electron chi connectivity index (χ2n) is 5.19. The van der Waals surface area contributed by atoms with E-state index >= 15 is 0 Å². The van der Waals surface area contributed by atoms with Crippen LogP contribution in [0.15, 0.2) is 4.52 Å². The van der Waals surface area contributed by atoms with E-state index in [2.05, 4.69) is 10.1 Å². The Hall–Kier alpha value is -0.940. The predicted molar refractivity (Wildman–Crippen MR) is 61.0 cm³/mol. The largest absolute Gasteiger partial charge is 0.389 e. The lowest BCUT2D eigenvalue weighted by Crippen LogP contribution is -2.36. The van der Waals surface area contributed by atoms with Crippen molar-refractivity contribution in [3.63, 3.8) is 0 Å². The van der Waals surface area contributed by atoms with Crippen LogP contribution in [-0.4, -0.2) is 39.3 Å². The zero-order valence-corrected chi connectivity index (χ0v) is 10.7. The van der Waals surface area contributed by atoms with E-state index in [1.807, 2.05) is 25.8 Å². The molecule has 1 aromatic heterocycles. The Morgan fingerprint density at radius 2 is 2.06 bits per heavy atom. The molecule has 5 nitrogen and oxygen atoms in total. The highest BCUT2D eigenvalue weighted by Crippen LogP contribution is 2.12. The first kappa shape index (κ1) is 13.1. The Morgan fingerprint density at radius 1 is 1.44 bits per heavy atom. The van der Waals surface area contributed by atoms with Crippen molar-refractivity contribution in [3.8, 4) is 0 Å². The summed E-state index contributed by atoms with van der Waals surface area (Å²) in [6.45, 7) is 8.73. The van der Waals surface area contributed by atoms with E-state index in [9.17, 15) is 5.11 Å². The minimum atomic E-state index is -0.709. The molecule has 1 rings (SSSR count). The van der Waals surface area contributed by atoms with Gasteiger partial charge in [-0.15, -0.1) is 0 Å². The van der Waals surface area contributed by atoms with Crippen LogP contribution in [0, 0.1) is 0 Å². The fourth-order valence-corrected chi connectivity index (χ4v) is 1.52. The maximum atomic E-state index is 9.65. The molecule has 0 saturated heterocycles. The van der Waals surface area contributed by atoms with Crippen molar-refractivity contribution in [1.82, 2.24) is 15.0 Å². The van der Waals surface area contributed by atoms with Gasteiger partial charge in [0.25, 0.3) is 0 Å². The molecule has 0 aromatic carbocycles. The molecular formula is C11H21N3O2. The number of likely N-dealkylation sites (N-methyl/N-ethyl adjacent to an activating group) is 1. The van der Waals surface area contributed by atoms with Crippen molar-refractivity contribution in [3.05, 3.63) is 11.7 Å². The number of aromatic nitrogens is 2. The third-order valence-electron chi connectivity index (χ3n) is 2.05. The lowest BCUT2D eigenvalue weighted by atomic mass is 10.1. The summed E-state index contributed by atoms with van der Waals surface area (Å²) in [6.07, 6.45) is 0. The molecule has 0 radical (unpaired) electrons. The average Bonchev–Trinajstić information content (AvgIpc) is 2.48. The quantitative estimate of drug-likeness (QED) is 0.823. The molecule has 0 atom stereocenters. The molecule has 1 N–H and O–H groups in total. The molecule has 16 heavy (non-hydrogen) atoms. The Kier molecular flexibility index (Phi) is 4.04. The van der Waals surface area contributed by atoms with E-state index in [0.29, 0.717) is 24.8 Å². The van der Waals surface area contributed by atoms with Crippen LogP contribution in [0.25, 0.3) is 0 Å². The zero-order valence-electron chi connectivity index (χ0n) is 10.7. The summed E-state index contributed by atoms with van der Waals surface area (Å²) < 4.78 is 5.11. The first-order chi connectivity index (χ1) is 7.28. The van der Waals surface area contributed by atoms with Crippen LogP contribution in [0.1, 0.15) is 45.3 Å². The lowest BCUT2D eigenvalue weighted by molar-refractivity contribution is 0.0416. The molecule has 0 unspecified atom stereocenters. The topological polar surface area (TPSA) is 62.4 Å². The van der Waals surface area contributed by atoms with E-state index in [1.54, 1.807) is 13.8 Å². The molecule has 0 aliphatic rings. The molecule has 0 aliphatic carbocycles. The lowest BCUT2D eigenvalue weighted by Gasteiger charge is -2.24. The minimum absolute atomic E-state index is 0.251. The van der Waals surface area contributed by atoms with Gasteiger partial charge in [-0.2, -0.15) is 4.98 Å². The molecule has 0 spiro atoms. The molecule has 1 aromatic rings. The Morgan fingerprint density at radius 3 is 2.50 bits per heavy atom. The van der Waals surface area contributed by atoms with E-state index in [4.69, 9.17) is 4.52 Å². The minimum Gasteiger partial charge on any atom is -0.389 e. The molecule has 0 amide bonds. The second-order valence-corrected chi connectivity index (χ2v) is 5.19. The highest BCUT2D eigenvalue weighted by Gasteiger charge is 2.17. The van der Waals surface area contributed by atoms with Crippen LogP contribution in [-0.2, 0) is 6.54 Å². The van der Waals surface area contributed by atoms with E-state index in [1.165, 1.54) is 0 Å². The maximum Gasteiger partial charge on any atom is 0.229 e. The van der Waals surface area contributed by atoms with Gasteiger partial charge < -0.3 is 9.63 Å². The molecular weight excluding hydrogens is 206 g/mol. The maximum absolute atomic E-state index is 9.65. The van der Waals surface area contributed by atoms with Gasteiger partial charge in [-0.3, -0.25) is 4.90 Å². The second kappa shape index (κ2) is 4.93. The van der Waals surface area contributed by atoms with Crippen LogP contribution in [0.3, 0.4) is 0 Å². The van der Waals surface area contributed by atoms with Crippen molar-refractivity contribution in [2.45, 2.75) is 45.8 Å². The standard InChI is InChI=1S/C11H21N3O2/c1-8(2)10-12-9(13-16-10)6-14(5)7-11(3,4)15/h8,15H,6-7H2,1-5H3. The van der Waals surface area contributed by atoms with Crippen LogP contribution >= 0.6 is 0 Å². The summed E-state index contributed by atoms with van der Waals surface area (Å²) in [7, 11) is 1.92. The van der Waals surface area contributed by atoms with Gasteiger partial charge in [0.1, 0.15) is 0 Å². The zero-order chi connectivity index (χ0) is 12.3. The van der Waals surface area contributed by atoms with Crippen molar-refractivity contribution in [2.24, 2.45) is 0 Å². The highest BCUT2D eigenvalue weighted by atomic mass is 16.5. The number of hydrogen-bond acceptors (Lipinski definition) is 5. The van der Waals surface area contributed by atoms with Crippen molar-refractivity contribution in [1.29, 1.82) is 0 Å². The van der Waals surface area contributed by atoms with Crippen molar-refractivity contribution in [2.75, 3.05) is 13.6 Å². The summed E-state index contributed by atoms with van der Waals surface area (Å²) in [5.41, 5.74) is -0.709. The Balaban J connectivity index is 2.53. The Labute approximate surface area is 96.5 Å². The van der Waals surface area contributed by atoms with Gasteiger partial charge >= 0.3 is 0 Å². The number of hydrogen-bond donors (Lipinski definition) is 1. The summed E-state index contributed by atoms with van der Waals surface area (Å²) in [4.78, 5) is 6.25. The van der Waals surface area contributed by atoms with E-state index in [-0.39, 0.29) is 5.92 Å². The van der Waals surface area contributed by atoms with Gasteiger partial charge in [-0.05, 0) is 20.9 Å². The third-order valence-corrected chi connectivity index (χ3v) is 2.05. The highest BCUT2D eigenvalue weighted by molar-refractivity contribution is 4.90. The smallest absolute Gasteiger partial charge is 0.229 e. The fraction of sp³-hybridized carbons (Fsp3) is 0.818. The van der Waals surface area contributed by atoms with Gasteiger partial charge in [0.15, 0.2) is 5.82 Å².